The quantitative estimate of drug-likeness (QED) is 0.103. The number of thioether (sulfide) groups is 1. The number of nitrogen functional groups attached to an aromatic ring is 1. The van der Waals surface area contributed by atoms with E-state index in [2.05, 4.69) is 20.4 Å². The van der Waals surface area contributed by atoms with Crippen molar-refractivity contribution < 1.29 is 38.3 Å². The maximum absolute atomic E-state index is 13.7. The number of ether oxygens (including phenoxy) is 1. The van der Waals surface area contributed by atoms with Gasteiger partial charge in [-0.05, 0) is 18.6 Å². The Hall–Kier alpha value is -3.80. The highest BCUT2D eigenvalue weighted by Gasteiger charge is 2.54. The van der Waals surface area contributed by atoms with Crippen molar-refractivity contribution in [2.24, 2.45) is 5.16 Å². The number of β-lactam (4-membered cyclic amide) rings is 1. The molecule has 0 spiro atoms. The summed E-state index contributed by atoms with van der Waals surface area (Å²) in [7, 11) is 6.78. The number of hydrogen-bond acceptors (Lipinski definition) is 14. The highest BCUT2D eigenvalue weighted by Crippen LogP contribution is 2.41. The molecular weight excluding hydrogens is 619 g/mol. The molecule has 1 unspecified atom stereocenters. The molecule has 17 heteroatoms. The summed E-state index contributed by atoms with van der Waals surface area (Å²) in [5.41, 5.74) is 8.73. The maximum Gasteiger partial charge on any atom is 0.355 e. The largest absolute Gasteiger partial charge is 0.550 e. The number of nitrogens with one attached hydrogen (secondary N) is 1. The second-order valence-corrected chi connectivity index (χ2v) is 13.5. The van der Waals surface area contributed by atoms with Gasteiger partial charge in [-0.2, -0.15) is 0 Å². The Labute approximate surface area is 259 Å². The number of carbonyl (C=O) groups is 4. The summed E-state index contributed by atoms with van der Waals surface area (Å²) in [5, 5.41) is 19.0. The summed E-state index contributed by atoms with van der Waals surface area (Å²) in [6, 6.07) is -0.988. The molecular formula is C26H31N7O7S3. The van der Waals surface area contributed by atoms with E-state index < -0.39 is 47.7 Å². The molecule has 0 saturated carbocycles. The van der Waals surface area contributed by atoms with Crippen LogP contribution in [-0.4, -0.2) is 107 Å². The molecule has 4 heterocycles. The van der Waals surface area contributed by atoms with Crippen molar-refractivity contribution in [3.63, 3.8) is 0 Å². The number of aryl methyl sites for hydroxylation is 1. The van der Waals surface area contributed by atoms with E-state index in [1.54, 1.807) is 17.7 Å². The Morgan fingerprint density at radius 1 is 1.30 bits per heavy atom. The molecule has 2 aromatic heterocycles. The van der Waals surface area contributed by atoms with Crippen molar-refractivity contribution >= 4 is 75.1 Å². The number of likely N-dealkylation sites (N-methyl/N-ethyl adjacent to an activating group) is 1. The van der Waals surface area contributed by atoms with E-state index in [1.165, 1.54) is 40.5 Å². The fourth-order valence-electron chi connectivity index (χ4n) is 4.46. The number of fused-ring (bicyclic) bond motifs is 1. The number of anilines is 1. The van der Waals surface area contributed by atoms with Crippen LogP contribution in [-0.2, 0) is 28.8 Å². The number of aliphatic carboxylic acids is 1. The zero-order chi connectivity index (χ0) is 31.5. The molecule has 14 nitrogen and oxygen atoms in total. The van der Waals surface area contributed by atoms with Gasteiger partial charge in [0.15, 0.2) is 16.9 Å². The minimum Gasteiger partial charge on any atom is -0.550 e. The lowest BCUT2D eigenvalue weighted by molar-refractivity contribution is -0.873. The van der Waals surface area contributed by atoms with Gasteiger partial charge in [-0.1, -0.05) is 11.2 Å². The van der Waals surface area contributed by atoms with Crippen molar-refractivity contribution in [1.82, 2.24) is 20.2 Å². The van der Waals surface area contributed by atoms with Crippen LogP contribution in [0.15, 0.2) is 33.4 Å². The monoisotopic (exact) mass is 649 g/mol. The Morgan fingerprint density at radius 3 is 2.63 bits per heavy atom. The van der Waals surface area contributed by atoms with Crippen LogP contribution in [0.2, 0.25) is 0 Å². The van der Waals surface area contributed by atoms with Gasteiger partial charge >= 0.3 is 5.97 Å². The smallest absolute Gasteiger partial charge is 0.355 e. The molecule has 2 aromatic rings. The highest BCUT2D eigenvalue weighted by molar-refractivity contribution is 8.00. The number of allylic oxidation sites excluding steroid dienone is 1. The Kier molecular flexibility index (Phi) is 9.89. The third-order valence-electron chi connectivity index (χ3n) is 6.28. The second-order valence-electron chi connectivity index (χ2n) is 10.6. The number of amides is 2. The lowest BCUT2D eigenvalue weighted by atomic mass is 10.0. The Bertz CT molecular complexity index is 1510. The van der Waals surface area contributed by atoms with Gasteiger partial charge in [-0.25, -0.2) is 14.8 Å². The van der Waals surface area contributed by atoms with Crippen LogP contribution in [0.4, 0.5) is 5.13 Å². The van der Waals surface area contributed by atoms with Gasteiger partial charge in [0.05, 0.1) is 32.3 Å². The lowest BCUT2D eigenvalue weighted by Gasteiger charge is -2.49. The predicted molar refractivity (Wildman–Crippen MR) is 160 cm³/mol. The number of carboxylic acids is 1. The predicted octanol–water partition coefficient (Wildman–Crippen LogP) is -0.0339. The average Bonchev–Trinajstić information content (AvgIpc) is 3.54. The van der Waals surface area contributed by atoms with Crippen molar-refractivity contribution in [2.45, 2.75) is 30.9 Å². The molecule has 0 aromatic carbocycles. The van der Waals surface area contributed by atoms with Crippen LogP contribution in [0.3, 0.4) is 0 Å². The third-order valence-corrected chi connectivity index (χ3v) is 9.15. The number of carboxylic acid groups (broad SMARTS) is 1. The van der Waals surface area contributed by atoms with Crippen LogP contribution in [0.25, 0.3) is 6.08 Å². The molecule has 1 fully saturated rings. The lowest BCUT2D eigenvalue weighted by Crippen LogP contribution is -2.71. The van der Waals surface area contributed by atoms with Gasteiger partial charge in [0, 0.05) is 28.4 Å². The summed E-state index contributed by atoms with van der Waals surface area (Å²) >= 11 is 3.89. The highest BCUT2D eigenvalue weighted by atomic mass is 32.2. The summed E-state index contributed by atoms with van der Waals surface area (Å²) in [5.74, 6) is -3.15. The van der Waals surface area contributed by atoms with E-state index in [0.29, 0.717) is 15.8 Å². The van der Waals surface area contributed by atoms with Crippen LogP contribution in [0, 0.1) is 6.92 Å². The van der Waals surface area contributed by atoms with Crippen molar-refractivity contribution in [3.05, 3.63) is 44.5 Å². The molecule has 0 aliphatic carbocycles. The number of quaternary nitrogens is 1. The molecule has 3 N–H and O–H groups in total. The molecule has 3 atom stereocenters. The van der Waals surface area contributed by atoms with Gasteiger partial charge in [-0.15, -0.1) is 34.4 Å². The fourth-order valence-corrected chi connectivity index (χ4v) is 7.02. The minimum absolute atomic E-state index is 0.0134. The molecule has 230 valence electrons. The number of oxime groups is 1. The molecule has 1 saturated heterocycles. The van der Waals surface area contributed by atoms with Crippen molar-refractivity contribution in [2.75, 3.05) is 46.3 Å². The zero-order valence-corrected chi connectivity index (χ0v) is 26.5. The first-order valence-electron chi connectivity index (χ1n) is 12.9. The molecule has 4 rings (SSSR count). The van der Waals surface area contributed by atoms with Crippen LogP contribution < -0.4 is 16.2 Å². The number of rotatable bonds is 12. The van der Waals surface area contributed by atoms with E-state index in [4.69, 9.17) is 15.3 Å². The van der Waals surface area contributed by atoms with Gasteiger partial charge in [0.25, 0.3) is 11.8 Å². The molecule has 2 amide bonds. The van der Waals surface area contributed by atoms with Gasteiger partial charge in [0.1, 0.15) is 36.5 Å². The third kappa shape index (κ3) is 7.59. The molecule has 2 aliphatic rings. The van der Waals surface area contributed by atoms with E-state index in [9.17, 15) is 24.3 Å². The summed E-state index contributed by atoms with van der Waals surface area (Å²) in [6.45, 7) is 2.06. The number of hydrogen-bond donors (Lipinski definition) is 2. The normalized spacial score (nSPS) is 19.6. The van der Waals surface area contributed by atoms with Gasteiger partial charge < -0.3 is 35.0 Å². The van der Waals surface area contributed by atoms with Crippen LogP contribution >= 0.6 is 34.4 Å². The SMILES string of the molecule is CO/N=C(\C(=O)N[C@@H]1C(=O)N2C(C(=O)OC(CC(=O)[O-])C[N+](C)(C)C)=C(/C=C\c3scnc3C)CS[C@H]12)c1csc(N)n1. The zero-order valence-electron chi connectivity index (χ0n) is 24.1. The first kappa shape index (κ1) is 32.1. The van der Waals surface area contributed by atoms with Gasteiger partial charge in [-0.3, -0.25) is 14.5 Å². The summed E-state index contributed by atoms with van der Waals surface area (Å²) in [4.78, 5) is 67.0. The Morgan fingerprint density at radius 2 is 2.05 bits per heavy atom. The molecule has 43 heavy (non-hydrogen) atoms. The van der Waals surface area contributed by atoms with Crippen LogP contribution in [0.5, 0.6) is 0 Å². The standard InChI is InChI=1S/C26H31N7O7S3/c1-13-17(43-12-28-13)7-6-14-10-41-24-20(30-22(36)19(31-39-5)16-11-42-26(27)29-16)23(37)32(24)21(14)25(38)40-15(8-18(34)35)9-33(2,3)4/h6-7,11-12,15,20,24H,8-10H2,1-5H3,(H3-,27,29,30,34,35,36)/b7-6-,31-19-/t15?,20-,24-/m1/s1. The number of thiazole rings is 2. The minimum atomic E-state index is -1.36. The molecule has 2 aliphatic heterocycles. The summed E-state index contributed by atoms with van der Waals surface area (Å²) in [6.07, 6.45) is 2.02. The first-order valence-corrected chi connectivity index (χ1v) is 15.7. The van der Waals surface area contributed by atoms with Crippen LogP contribution in [0.1, 0.15) is 22.7 Å². The van der Waals surface area contributed by atoms with Crippen molar-refractivity contribution in [3.8, 4) is 0 Å². The number of esters is 1. The van der Waals surface area contributed by atoms with E-state index in [0.717, 1.165) is 21.9 Å². The number of nitrogens with zero attached hydrogens (tertiary/aromatic N) is 5. The Balaban J connectivity index is 1.62. The van der Waals surface area contributed by atoms with Gasteiger partial charge in [0.2, 0.25) is 0 Å². The molecule has 0 bridgehead atoms. The first-order chi connectivity index (χ1) is 20.3. The maximum atomic E-state index is 13.7. The molecule has 0 radical (unpaired) electrons. The average molecular weight is 650 g/mol. The van der Waals surface area contributed by atoms with E-state index >= 15 is 0 Å². The van der Waals surface area contributed by atoms with Crippen molar-refractivity contribution in [1.29, 1.82) is 0 Å². The van der Waals surface area contributed by atoms with E-state index in [1.807, 2.05) is 28.1 Å². The number of nitrogens with two attached hydrogens (primary N) is 1. The number of aromatic nitrogens is 2. The fraction of sp³-hybridized carbons (Fsp3) is 0.423. The second kappa shape index (κ2) is 13.2. The number of carbonyl (C=O) groups excluding carboxylic acids is 4. The summed E-state index contributed by atoms with van der Waals surface area (Å²) < 4.78 is 6.02. The van der Waals surface area contributed by atoms with E-state index in [-0.39, 0.29) is 28.8 Å². The topological polar surface area (TPSA) is 189 Å².